The van der Waals surface area contributed by atoms with Gasteiger partial charge in [-0.05, 0) is 18.6 Å². The number of hydrogen-bond donors (Lipinski definition) is 2. The van der Waals surface area contributed by atoms with Crippen molar-refractivity contribution in [3.63, 3.8) is 0 Å². The highest BCUT2D eigenvalue weighted by Crippen LogP contribution is 2.16. The Hall–Kier alpha value is -2.30. The van der Waals surface area contributed by atoms with Gasteiger partial charge < -0.3 is 15.0 Å². The molecule has 1 amide bonds. The second-order valence-electron chi connectivity index (χ2n) is 4.18. The van der Waals surface area contributed by atoms with E-state index < -0.39 is 0 Å². The number of aromatic amines is 1. The van der Waals surface area contributed by atoms with Gasteiger partial charge in [-0.25, -0.2) is 0 Å². The summed E-state index contributed by atoms with van der Waals surface area (Å²) in [6, 6.07) is 7.48. The van der Waals surface area contributed by atoms with Crippen molar-refractivity contribution in [2.45, 2.75) is 12.8 Å². The largest absolute Gasteiger partial charge is 0.469 e. The van der Waals surface area contributed by atoms with Gasteiger partial charge >= 0.3 is 5.97 Å². The number of para-hydroxylation sites is 1. The molecule has 0 atom stereocenters. The van der Waals surface area contributed by atoms with E-state index in [9.17, 15) is 9.59 Å². The first-order valence-electron chi connectivity index (χ1n) is 6.13. The molecule has 0 saturated heterocycles. The van der Waals surface area contributed by atoms with Crippen molar-refractivity contribution in [3.05, 3.63) is 36.0 Å². The van der Waals surface area contributed by atoms with Gasteiger partial charge in [0.05, 0.1) is 18.2 Å². The fourth-order valence-electron chi connectivity index (χ4n) is 1.91. The lowest BCUT2D eigenvalue weighted by atomic mass is 10.1. The van der Waals surface area contributed by atoms with Crippen molar-refractivity contribution in [3.8, 4) is 0 Å². The molecule has 5 nitrogen and oxygen atoms in total. The van der Waals surface area contributed by atoms with Crippen LogP contribution in [0.15, 0.2) is 30.5 Å². The number of hydrogen-bond acceptors (Lipinski definition) is 3. The van der Waals surface area contributed by atoms with Crippen molar-refractivity contribution in [2.75, 3.05) is 13.7 Å². The molecule has 2 N–H and O–H groups in total. The van der Waals surface area contributed by atoms with E-state index in [2.05, 4.69) is 15.0 Å². The number of esters is 1. The van der Waals surface area contributed by atoms with Crippen LogP contribution in [0, 0.1) is 0 Å². The Balaban J connectivity index is 1.93. The second kappa shape index (κ2) is 6.04. The van der Waals surface area contributed by atoms with Crippen LogP contribution in [0.3, 0.4) is 0 Å². The highest BCUT2D eigenvalue weighted by Gasteiger charge is 2.10. The molecule has 0 aliphatic heterocycles. The highest BCUT2D eigenvalue weighted by atomic mass is 16.5. The minimum Gasteiger partial charge on any atom is -0.469 e. The van der Waals surface area contributed by atoms with Gasteiger partial charge in [-0.1, -0.05) is 12.1 Å². The molecule has 2 rings (SSSR count). The molecule has 100 valence electrons. The zero-order valence-corrected chi connectivity index (χ0v) is 10.7. The molecule has 19 heavy (non-hydrogen) atoms. The third-order valence-electron chi connectivity index (χ3n) is 2.90. The highest BCUT2D eigenvalue weighted by molar-refractivity contribution is 6.05. The van der Waals surface area contributed by atoms with Crippen LogP contribution >= 0.6 is 0 Å². The van der Waals surface area contributed by atoms with Gasteiger partial charge in [0.2, 0.25) is 0 Å². The number of nitrogens with one attached hydrogen (secondary N) is 2. The number of fused-ring (bicyclic) bond motifs is 1. The Bertz CT molecular complexity index is 589. The number of carbonyl (C=O) groups excluding carboxylic acids is 2. The van der Waals surface area contributed by atoms with Crippen LogP contribution in [-0.4, -0.2) is 30.5 Å². The quantitative estimate of drug-likeness (QED) is 0.636. The van der Waals surface area contributed by atoms with Gasteiger partial charge in [0.25, 0.3) is 5.91 Å². The summed E-state index contributed by atoms with van der Waals surface area (Å²) in [5.41, 5.74) is 1.44. The van der Waals surface area contributed by atoms with Crippen LogP contribution in [0.2, 0.25) is 0 Å². The number of benzene rings is 1. The standard InChI is InChI=1S/C14H16N2O3/c1-19-12(17)6-3-8-16-14(18)11-5-2-4-10-7-9-15-13(10)11/h2,4-5,7,9,15H,3,6,8H2,1H3,(H,16,18). The molecular weight excluding hydrogens is 244 g/mol. The van der Waals surface area contributed by atoms with Gasteiger partial charge in [0, 0.05) is 24.5 Å². The van der Waals surface area contributed by atoms with E-state index in [1.54, 1.807) is 12.3 Å². The first kappa shape index (κ1) is 13.1. The first-order valence-corrected chi connectivity index (χ1v) is 6.13. The molecule has 0 aliphatic carbocycles. The minimum atomic E-state index is -0.263. The van der Waals surface area contributed by atoms with Gasteiger partial charge in [-0.15, -0.1) is 0 Å². The summed E-state index contributed by atoms with van der Waals surface area (Å²) in [6.45, 7) is 0.449. The fraction of sp³-hybridized carbons (Fsp3) is 0.286. The summed E-state index contributed by atoms with van der Waals surface area (Å²) in [4.78, 5) is 26.0. The van der Waals surface area contributed by atoms with Crippen molar-refractivity contribution in [1.29, 1.82) is 0 Å². The summed E-state index contributed by atoms with van der Waals surface area (Å²) in [6.07, 6.45) is 2.68. The Kier molecular flexibility index (Phi) is 4.18. The lowest BCUT2D eigenvalue weighted by molar-refractivity contribution is -0.140. The summed E-state index contributed by atoms with van der Waals surface area (Å²) in [5, 5.41) is 3.80. The topological polar surface area (TPSA) is 71.2 Å². The Morgan fingerprint density at radius 3 is 2.95 bits per heavy atom. The summed E-state index contributed by atoms with van der Waals surface area (Å²) >= 11 is 0. The van der Waals surface area contributed by atoms with E-state index in [1.165, 1.54) is 7.11 Å². The van der Waals surface area contributed by atoms with Crippen LogP contribution in [0.5, 0.6) is 0 Å². The molecule has 0 bridgehead atoms. The van der Waals surface area contributed by atoms with Crippen LogP contribution in [0.4, 0.5) is 0 Å². The SMILES string of the molecule is COC(=O)CCCNC(=O)c1cccc2cc[nH]c12. The lowest BCUT2D eigenvalue weighted by Gasteiger charge is -2.05. The van der Waals surface area contributed by atoms with E-state index >= 15 is 0 Å². The number of ether oxygens (including phenoxy) is 1. The van der Waals surface area contributed by atoms with E-state index in [0.29, 0.717) is 24.9 Å². The third kappa shape index (κ3) is 3.13. The summed E-state index contributed by atoms with van der Waals surface area (Å²) < 4.78 is 4.53. The number of carbonyl (C=O) groups is 2. The number of amides is 1. The summed E-state index contributed by atoms with van der Waals surface area (Å²) in [7, 11) is 1.35. The average molecular weight is 260 g/mol. The smallest absolute Gasteiger partial charge is 0.305 e. The molecule has 0 aliphatic rings. The Morgan fingerprint density at radius 2 is 2.16 bits per heavy atom. The van der Waals surface area contributed by atoms with E-state index in [4.69, 9.17) is 0 Å². The molecule has 0 fully saturated rings. The number of methoxy groups -OCH3 is 1. The van der Waals surface area contributed by atoms with E-state index in [1.807, 2.05) is 18.2 Å². The molecule has 1 aromatic carbocycles. The fourth-order valence-corrected chi connectivity index (χ4v) is 1.91. The van der Waals surface area contributed by atoms with Gasteiger partial charge in [0.15, 0.2) is 0 Å². The van der Waals surface area contributed by atoms with E-state index in [0.717, 1.165) is 10.9 Å². The minimum absolute atomic E-state index is 0.141. The van der Waals surface area contributed by atoms with Crippen molar-refractivity contribution >= 4 is 22.8 Å². The molecular formula is C14H16N2O3. The monoisotopic (exact) mass is 260 g/mol. The predicted molar refractivity (Wildman–Crippen MR) is 71.9 cm³/mol. The molecule has 1 heterocycles. The number of aromatic nitrogens is 1. The third-order valence-corrected chi connectivity index (χ3v) is 2.90. The lowest BCUT2D eigenvalue weighted by Crippen LogP contribution is -2.25. The molecule has 0 radical (unpaired) electrons. The van der Waals surface area contributed by atoms with Crippen molar-refractivity contribution < 1.29 is 14.3 Å². The molecule has 5 heteroatoms. The molecule has 2 aromatic rings. The van der Waals surface area contributed by atoms with Crippen LogP contribution in [0.25, 0.3) is 10.9 Å². The van der Waals surface area contributed by atoms with Crippen LogP contribution < -0.4 is 5.32 Å². The first-order chi connectivity index (χ1) is 9.22. The van der Waals surface area contributed by atoms with Crippen molar-refractivity contribution in [2.24, 2.45) is 0 Å². The zero-order chi connectivity index (χ0) is 13.7. The van der Waals surface area contributed by atoms with Gasteiger partial charge in [-0.2, -0.15) is 0 Å². The Morgan fingerprint density at radius 1 is 1.32 bits per heavy atom. The summed E-state index contributed by atoms with van der Waals surface area (Å²) in [5.74, 6) is -0.404. The zero-order valence-electron chi connectivity index (χ0n) is 10.7. The average Bonchev–Trinajstić information content (AvgIpc) is 2.91. The van der Waals surface area contributed by atoms with Crippen molar-refractivity contribution in [1.82, 2.24) is 10.3 Å². The predicted octanol–water partition coefficient (Wildman–Crippen LogP) is 1.85. The Labute approximate surface area is 110 Å². The molecule has 0 unspecified atom stereocenters. The maximum absolute atomic E-state index is 12.0. The number of H-pyrrole nitrogens is 1. The van der Waals surface area contributed by atoms with Gasteiger partial charge in [-0.3, -0.25) is 9.59 Å². The molecule has 0 saturated carbocycles. The normalized spacial score (nSPS) is 10.4. The number of rotatable bonds is 5. The maximum Gasteiger partial charge on any atom is 0.305 e. The molecule has 0 spiro atoms. The molecule has 1 aromatic heterocycles. The van der Waals surface area contributed by atoms with E-state index in [-0.39, 0.29) is 11.9 Å². The maximum atomic E-state index is 12.0. The van der Waals surface area contributed by atoms with Crippen LogP contribution in [0.1, 0.15) is 23.2 Å². The van der Waals surface area contributed by atoms with Crippen LogP contribution in [-0.2, 0) is 9.53 Å². The van der Waals surface area contributed by atoms with Gasteiger partial charge in [0.1, 0.15) is 0 Å². The second-order valence-corrected chi connectivity index (χ2v) is 4.18.